The molecule has 4 nitrogen and oxygen atoms in total. The molecule has 1 amide bonds. The van der Waals surface area contributed by atoms with Gasteiger partial charge >= 0.3 is 0 Å². The van der Waals surface area contributed by atoms with Crippen molar-refractivity contribution in [2.24, 2.45) is 5.73 Å². The lowest BCUT2D eigenvalue weighted by Crippen LogP contribution is -2.35. The molecule has 14 heavy (non-hydrogen) atoms. The average molecular weight is 234 g/mol. The third kappa shape index (κ3) is 3.25. The molecule has 1 atom stereocenters. The molecule has 1 aromatic heterocycles. The molecule has 0 radical (unpaired) electrons. The number of anilines is 1. The van der Waals surface area contributed by atoms with Gasteiger partial charge in [-0.2, -0.15) is 0 Å². The van der Waals surface area contributed by atoms with Crippen LogP contribution in [0.5, 0.6) is 0 Å². The zero-order valence-electron chi connectivity index (χ0n) is 7.79. The van der Waals surface area contributed by atoms with Crippen molar-refractivity contribution in [2.45, 2.75) is 25.8 Å². The normalized spacial score (nSPS) is 12.5. The number of thiazole rings is 1. The van der Waals surface area contributed by atoms with E-state index in [4.69, 9.17) is 17.3 Å². The van der Waals surface area contributed by atoms with E-state index in [-0.39, 0.29) is 5.91 Å². The summed E-state index contributed by atoms with van der Waals surface area (Å²) in [4.78, 5) is 15.3. The third-order valence-corrected chi connectivity index (χ3v) is 2.67. The number of halogens is 1. The highest BCUT2D eigenvalue weighted by atomic mass is 35.5. The Kier molecular flexibility index (Phi) is 4.31. The van der Waals surface area contributed by atoms with Crippen LogP contribution in [0.1, 0.15) is 19.8 Å². The lowest BCUT2D eigenvalue weighted by molar-refractivity contribution is -0.117. The second-order valence-electron chi connectivity index (χ2n) is 2.85. The molecule has 3 N–H and O–H groups in total. The lowest BCUT2D eigenvalue weighted by atomic mass is 10.2. The van der Waals surface area contributed by atoms with Crippen molar-refractivity contribution in [1.82, 2.24) is 4.98 Å². The topological polar surface area (TPSA) is 68.0 Å². The monoisotopic (exact) mass is 233 g/mol. The van der Waals surface area contributed by atoms with E-state index in [0.29, 0.717) is 15.9 Å². The summed E-state index contributed by atoms with van der Waals surface area (Å²) in [6.45, 7) is 1.98. The first kappa shape index (κ1) is 11.4. The molecule has 0 aliphatic heterocycles. The number of nitrogens with two attached hydrogens (primary N) is 1. The molecule has 0 fully saturated rings. The van der Waals surface area contributed by atoms with Gasteiger partial charge in [0.2, 0.25) is 5.91 Å². The zero-order chi connectivity index (χ0) is 10.6. The van der Waals surface area contributed by atoms with Crippen LogP contribution in [0.15, 0.2) is 6.20 Å². The maximum absolute atomic E-state index is 11.4. The van der Waals surface area contributed by atoms with E-state index in [1.165, 1.54) is 17.5 Å². The van der Waals surface area contributed by atoms with E-state index in [9.17, 15) is 4.79 Å². The van der Waals surface area contributed by atoms with Crippen LogP contribution in [0.2, 0.25) is 4.34 Å². The van der Waals surface area contributed by atoms with Crippen molar-refractivity contribution in [3.63, 3.8) is 0 Å². The number of carbonyl (C=O) groups is 1. The Balaban J connectivity index is 2.48. The van der Waals surface area contributed by atoms with Crippen LogP contribution in [-0.2, 0) is 4.79 Å². The second kappa shape index (κ2) is 5.29. The molecular formula is C8H12ClN3OS. The van der Waals surface area contributed by atoms with Gasteiger partial charge in [0.05, 0.1) is 12.2 Å². The maximum Gasteiger partial charge on any atom is 0.243 e. The van der Waals surface area contributed by atoms with Crippen LogP contribution in [-0.4, -0.2) is 16.9 Å². The van der Waals surface area contributed by atoms with Gasteiger partial charge in [-0.05, 0) is 6.42 Å². The average Bonchev–Trinajstić information content (AvgIpc) is 2.51. The fourth-order valence-electron chi connectivity index (χ4n) is 0.952. The van der Waals surface area contributed by atoms with E-state index >= 15 is 0 Å². The van der Waals surface area contributed by atoms with Crippen LogP contribution < -0.4 is 11.1 Å². The van der Waals surface area contributed by atoms with Crippen molar-refractivity contribution in [3.05, 3.63) is 10.5 Å². The largest absolute Gasteiger partial charge is 0.320 e. The van der Waals surface area contributed by atoms with Gasteiger partial charge in [0, 0.05) is 0 Å². The summed E-state index contributed by atoms with van der Waals surface area (Å²) in [5.41, 5.74) is 5.61. The SMILES string of the molecule is CCC[C@@H](N)C(=O)Nc1ncc(Cl)s1. The summed E-state index contributed by atoms with van der Waals surface area (Å²) in [6.07, 6.45) is 3.05. The van der Waals surface area contributed by atoms with E-state index in [1.807, 2.05) is 6.92 Å². The van der Waals surface area contributed by atoms with Gasteiger partial charge in [-0.3, -0.25) is 4.79 Å². The Morgan fingerprint density at radius 2 is 2.57 bits per heavy atom. The van der Waals surface area contributed by atoms with E-state index < -0.39 is 6.04 Å². The van der Waals surface area contributed by atoms with Crippen LogP contribution in [0.4, 0.5) is 5.13 Å². The first-order valence-corrected chi connectivity index (χ1v) is 5.50. The standard InChI is InChI=1S/C8H12ClN3OS/c1-2-3-5(10)7(13)12-8-11-4-6(9)14-8/h4-5H,2-3,10H2,1H3,(H,11,12,13)/t5-/m1/s1. The summed E-state index contributed by atoms with van der Waals surface area (Å²) in [5.74, 6) is -0.210. The number of hydrogen-bond donors (Lipinski definition) is 2. The number of nitrogens with zero attached hydrogens (tertiary/aromatic N) is 1. The zero-order valence-corrected chi connectivity index (χ0v) is 9.36. The van der Waals surface area contributed by atoms with Crippen LogP contribution in [0.25, 0.3) is 0 Å². The Labute approximate surface area is 91.5 Å². The van der Waals surface area contributed by atoms with E-state index in [2.05, 4.69) is 10.3 Å². The maximum atomic E-state index is 11.4. The molecule has 1 aromatic rings. The highest BCUT2D eigenvalue weighted by Crippen LogP contribution is 2.22. The smallest absolute Gasteiger partial charge is 0.243 e. The molecule has 0 bridgehead atoms. The van der Waals surface area contributed by atoms with Crippen LogP contribution in [0, 0.1) is 0 Å². The van der Waals surface area contributed by atoms with Crippen molar-refractivity contribution in [1.29, 1.82) is 0 Å². The predicted molar refractivity (Wildman–Crippen MR) is 58.6 cm³/mol. The summed E-state index contributed by atoms with van der Waals surface area (Å²) in [5, 5.41) is 3.10. The Bertz CT molecular complexity index is 315. The van der Waals surface area contributed by atoms with Crippen molar-refractivity contribution >= 4 is 34.0 Å². The molecule has 6 heteroatoms. The molecule has 0 aliphatic carbocycles. The molecule has 0 unspecified atom stereocenters. The minimum atomic E-state index is -0.470. The highest BCUT2D eigenvalue weighted by Gasteiger charge is 2.13. The number of nitrogens with one attached hydrogen (secondary N) is 1. The number of aromatic nitrogens is 1. The van der Waals surface area contributed by atoms with E-state index in [1.54, 1.807) is 0 Å². The van der Waals surface area contributed by atoms with Gasteiger partial charge < -0.3 is 11.1 Å². The second-order valence-corrected chi connectivity index (χ2v) is 4.52. The van der Waals surface area contributed by atoms with Crippen molar-refractivity contribution < 1.29 is 4.79 Å². The molecule has 0 saturated heterocycles. The fourth-order valence-corrected chi connectivity index (χ4v) is 1.77. The van der Waals surface area contributed by atoms with Gasteiger partial charge in [-0.1, -0.05) is 36.3 Å². The lowest BCUT2D eigenvalue weighted by Gasteiger charge is -2.08. The number of hydrogen-bond acceptors (Lipinski definition) is 4. The molecule has 1 heterocycles. The molecule has 0 aromatic carbocycles. The summed E-state index contributed by atoms with van der Waals surface area (Å²) >= 11 is 6.88. The fraction of sp³-hybridized carbons (Fsp3) is 0.500. The highest BCUT2D eigenvalue weighted by molar-refractivity contribution is 7.19. The molecule has 78 valence electrons. The van der Waals surface area contributed by atoms with Crippen molar-refractivity contribution in [2.75, 3.05) is 5.32 Å². The molecular weight excluding hydrogens is 222 g/mol. The van der Waals surface area contributed by atoms with Gasteiger partial charge in [0.15, 0.2) is 5.13 Å². The quantitative estimate of drug-likeness (QED) is 0.834. The van der Waals surface area contributed by atoms with E-state index in [0.717, 1.165) is 6.42 Å². The molecule has 1 rings (SSSR count). The van der Waals surface area contributed by atoms with Gasteiger partial charge in [0.25, 0.3) is 0 Å². The number of rotatable bonds is 4. The summed E-state index contributed by atoms with van der Waals surface area (Å²) in [7, 11) is 0. The summed E-state index contributed by atoms with van der Waals surface area (Å²) < 4.78 is 0.546. The molecule has 0 aliphatic rings. The first-order valence-electron chi connectivity index (χ1n) is 4.31. The Morgan fingerprint density at radius 1 is 1.86 bits per heavy atom. The predicted octanol–water partition coefficient (Wildman–Crippen LogP) is 1.86. The first-order chi connectivity index (χ1) is 6.63. The third-order valence-electron chi connectivity index (χ3n) is 1.64. The molecule has 0 saturated carbocycles. The van der Waals surface area contributed by atoms with Gasteiger partial charge in [-0.25, -0.2) is 4.98 Å². The minimum absolute atomic E-state index is 0.210. The summed E-state index contributed by atoms with van der Waals surface area (Å²) in [6, 6.07) is -0.470. The number of amides is 1. The number of carbonyl (C=O) groups excluding carboxylic acids is 1. The van der Waals surface area contributed by atoms with Crippen LogP contribution in [0.3, 0.4) is 0 Å². The van der Waals surface area contributed by atoms with Gasteiger partial charge in [-0.15, -0.1) is 0 Å². The Hall–Kier alpha value is -0.650. The van der Waals surface area contributed by atoms with Crippen LogP contribution >= 0.6 is 22.9 Å². The molecule has 0 spiro atoms. The van der Waals surface area contributed by atoms with Gasteiger partial charge in [0.1, 0.15) is 4.34 Å². The Morgan fingerprint density at radius 3 is 3.07 bits per heavy atom. The van der Waals surface area contributed by atoms with Crippen molar-refractivity contribution in [3.8, 4) is 0 Å². The minimum Gasteiger partial charge on any atom is -0.320 e.